The molecule has 0 aliphatic carbocycles. The normalized spacial score (nSPS) is 18.1. The molecule has 0 aromatic carbocycles. The number of hydrogen-bond donors (Lipinski definition) is 2. The summed E-state index contributed by atoms with van der Waals surface area (Å²) in [6.45, 7) is 13.0. The maximum Gasteiger partial charge on any atom is 0.346 e. The van der Waals surface area contributed by atoms with E-state index >= 15 is 0 Å². The second kappa shape index (κ2) is 10.1. The zero-order valence-electron chi connectivity index (χ0n) is 21.0. The summed E-state index contributed by atoms with van der Waals surface area (Å²) >= 11 is 1.31. The van der Waals surface area contributed by atoms with Gasteiger partial charge in [0.05, 0.1) is 10.6 Å². The number of carboxylic acids is 1. The Morgan fingerprint density at radius 1 is 1.32 bits per heavy atom. The molecule has 2 aliphatic heterocycles. The highest BCUT2D eigenvalue weighted by molar-refractivity contribution is 7.14. The van der Waals surface area contributed by atoms with Gasteiger partial charge in [-0.1, -0.05) is 11.8 Å². The molecule has 2 aromatic rings. The van der Waals surface area contributed by atoms with Gasteiger partial charge in [0.15, 0.2) is 0 Å². The number of thiophene rings is 1. The molecule has 0 amide bonds. The van der Waals surface area contributed by atoms with Crippen molar-refractivity contribution in [2.24, 2.45) is 18.4 Å². The van der Waals surface area contributed by atoms with Gasteiger partial charge in [-0.05, 0) is 83.2 Å². The monoisotopic (exact) mass is 480 g/mol. The zero-order valence-corrected chi connectivity index (χ0v) is 21.8. The maximum absolute atomic E-state index is 12.2. The first-order valence-corrected chi connectivity index (χ1v) is 13.0. The van der Waals surface area contributed by atoms with Crippen molar-refractivity contribution >= 4 is 22.9 Å². The van der Waals surface area contributed by atoms with E-state index in [-0.39, 0.29) is 5.41 Å². The predicted molar refractivity (Wildman–Crippen MR) is 138 cm³/mol. The summed E-state index contributed by atoms with van der Waals surface area (Å²) in [5, 5.41) is 18.0. The Morgan fingerprint density at radius 3 is 2.68 bits per heavy atom. The first-order chi connectivity index (χ1) is 16.1. The highest BCUT2D eigenvalue weighted by Gasteiger charge is 2.30. The SMILES string of the molecule is Cc1nn(C)cc1CN1CCC(c2cc(C#CC(C)(C)C)sc2C(=O)O)=C(C2CCNCC2)C1. The van der Waals surface area contributed by atoms with Crippen molar-refractivity contribution < 1.29 is 9.90 Å². The molecule has 2 N–H and O–H groups in total. The summed E-state index contributed by atoms with van der Waals surface area (Å²) in [5.74, 6) is 6.13. The molecule has 0 bridgehead atoms. The smallest absolute Gasteiger partial charge is 0.346 e. The van der Waals surface area contributed by atoms with Crippen LogP contribution < -0.4 is 5.32 Å². The molecule has 0 radical (unpaired) electrons. The topological polar surface area (TPSA) is 70.4 Å². The van der Waals surface area contributed by atoms with Gasteiger partial charge in [0.2, 0.25) is 0 Å². The number of aromatic nitrogens is 2. The number of carboxylic acid groups (broad SMARTS) is 1. The summed E-state index contributed by atoms with van der Waals surface area (Å²) in [5.41, 5.74) is 5.77. The van der Waals surface area contributed by atoms with Crippen LogP contribution in [0.15, 0.2) is 17.8 Å². The van der Waals surface area contributed by atoms with Crippen LogP contribution in [0, 0.1) is 30.1 Å². The first kappa shape index (κ1) is 24.7. The Balaban J connectivity index is 1.71. The largest absolute Gasteiger partial charge is 0.477 e. The Kier molecular flexibility index (Phi) is 7.32. The van der Waals surface area contributed by atoms with Crippen molar-refractivity contribution in [1.29, 1.82) is 0 Å². The van der Waals surface area contributed by atoms with Crippen molar-refractivity contribution in [2.45, 2.75) is 53.5 Å². The van der Waals surface area contributed by atoms with E-state index in [4.69, 9.17) is 0 Å². The quantitative estimate of drug-likeness (QED) is 0.615. The lowest BCUT2D eigenvalue weighted by atomic mass is 9.81. The Bertz CT molecular complexity index is 1150. The van der Waals surface area contributed by atoms with Gasteiger partial charge >= 0.3 is 5.97 Å². The minimum atomic E-state index is -0.852. The number of aromatic carboxylic acids is 1. The van der Waals surface area contributed by atoms with Gasteiger partial charge < -0.3 is 10.4 Å². The van der Waals surface area contributed by atoms with E-state index in [1.165, 1.54) is 28.0 Å². The van der Waals surface area contributed by atoms with Crippen LogP contribution >= 0.6 is 11.3 Å². The van der Waals surface area contributed by atoms with Crippen LogP contribution in [0.5, 0.6) is 0 Å². The summed E-state index contributed by atoms with van der Waals surface area (Å²) in [4.78, 5) is 16.0. The van der Waals surface area contributed by atoms with Crippen molar-refractivity contribution in [1.82, 2.24) is 20.0 Å². The molecular formula is C27H36N4O2S. The fourth-order valence-corrected chi connectivity index (χ4v) is 5.84. The van der Waals surface area contributed by atoms with Crippen LogP contribution in [-0.4, -0.2) is 51.9 Å². The van der Waals surface area contributed by atoms with Crippen molar-refractivity contribution in [3.8, 4) is 11.8 Å². The predicted octanol–water partition coefficient (Wildman–Crippen LogP) is 4.54. The second-order valence-electron chi connectivity index (χ2n) is 10.6. The molecular weight excluding hydrogens is 444 g/mol. The van der Waals surface area contributed by atoms with Crippen molar-refractivity contribution in [3.05, 3.63) is 44.4 Å². The van der Waals surface area contributed by atoms with E-state index < -0.39 is 5.97 Å². The van der Waals surface area contributed by atoms with Gasteiger partial charge in [-0.3, -0.25) is 9.58 Å². The highest BCUT2D eigenvalue weighted by atomic mass is 32.1. The van der Waals surface area contributed by atoms with E-state index in [0.717, 1.165) is 68.1 Å². The van der Waals surface area contributed by atoms with Gasteiger partial charge in [-0.25, -0.2) is 4.79 Å². The fourth-order valence-electron chi connectivity index (χ4n) is 4.96. The van der Waals surface area contributed by atoms with E-state index in [1.807, 2.05) is 17.8 Å². The lowest BCUT2D eigenvalue weighted by molar-refractivity contribution is 0.0701. The number of nitrogens with zero attached hydrogens (tertiary/aromatic N) is 3. The molecule has 2 aromatic heterocycles. The molecule has 4 heterocycles. The van der Waals surface area contributed by atoms with Crippen LogP contribution in [0.2, 0.25) is 0 Å². The molecule has 182 valence electrons. The van der Waals surface area contributed by atoms with Crippen LogP contribution in [-0.2, 0) is 13.6 Å². The standard InChI is InChI=1S/C27H36N4O2S/c1-18-20(15-30(5)29-18)16-31-13-9-22(24(17-31)19-7-11-28-12-8-19)23-14-21(6-10-27(2,3)4)34-25(23)26(32)33/h14-15,19,28H,7-9,11-13,16-17H2,1-5H3,(H,32,33). The number of hydrogen-bond acceptors (Lipinski definition) is 5. The lowest BCUT2D eigenvalue weighted by Crippen LogP contribution is -2.37. The minimum Gasteiger partial charge on any atom is -0.477 e. The molecule has 0 unspecified atom stereocenters. The Hall–Kier alpha value is -2.40. The third-order valence-electron chi connectivity index (χ3n) is 6.61. The van der Waals surface area contributed by atoms with Gasteiger partial charge in [0.1, 0.15) is 4.88 Å². The van der Waals surface area contributed by atoms with Gasteiger partial charge in [-0.15, -0.1) is 11.3 Å². The van der Waals surface area contributed by atoms with Crippen LogP contribution in [0.1, 0.15) is 71.4 Å². The average Bonchev–Trinajstić information content (AvgIpc) is 3.35. The molecule has 0 saturated carbocycles. The van der Waals surface area contributed by atoms with Gasteiger partial charge in [0.25, 0.3) is 0 Å². The number of nitrogens with one attached hydrogen (secondary N) is 1. The maximum atomic E-state index is 12.2. The van der Waals surface area contributed by atoms with Gasteiger partial charge in [-0.2, -0.15) is 5.10 Å². The van der Waals surface area contributed by atoms with Crippen molar-refractivity contribution in [2.75, 3.05) is 26.2 Å². The first-order valence-electron chi connectivity index (χ1n) is 12.2. The highest BCUT2D eigenvalue weighted by Crippen LogP contribution is 2.39. The zero-order chi connectivity index (χ0) is 24.5. The molecule has 1 saturated heterocycles. The number of carbonyl (C=O) groups is 1. The molecule has 0 atom stereocenters. The van der Waals surface area contributed by atoms with E-state index in [9.17, 15) is 9.90 Å². The van der Waals surface area contributed by atoms with Crippen LogP contribution in [0.4, 0.5) is 0 Å². The fraction of sp³-hybridized carbons (Fsp3) is 0.556. The Morgan fingerprint density at radius 2 is 2.06 bits per heavy atom. The van der Waals surface area contributed by atoms with E-state index in [2.05, 4.69) is 61.0 Å². The summed E-state index contributed by atoms with van der Waals surface area (Å²) in [6.07, 6.45) is 5.17. The average molecular weight is 481 g/mol. The van der Waals surface area contributed by atoms with E-state index in [0.29, 0.717) is 10.8 Å². The summed E-state index contributed by atoms with van der Waals surface area (Å²) in [6, 6.07) is 2.03. The number of aryl methyl sites for hydroxylation is 2. The Labute approximate surface area is 207 Å². The lowest BCUT2D eigenvalue weighted by Gasteiger charge is -2.36. The number of piperidine rings is 1. The molecule has 2 aliphatic rings. The molecule has 4 rings (SSSR count). The molecule has 1 fully saturated rings. The molecule has 6 nitrogen and oxygen atoms in total. The third-order valence-corrected chi connectivity index (χ3v) is 7.65. The van der Waals surface area contributed by atoms with Crippen molar-refractivity contribution in [3.63, 3.8) is 0 Å². The summed E-state index contributed by atoms with van der Waals surface area (Å²) in [7, 11) is 1.97. The third kappa shape index (κ3) is 5.80. The number of rotatable bonds is 5. The molecule has 34 heavy (non-hydrogen) atoms. The summed E-state index contributed by atoms with van der Waals surface area (Å²) < 4.78 is 1.88. The second-order valence-corrected chi connectivity index (χ2v) is 11.6. The van der Waals surface area contributed by atoms with Crippen LogP contribution in [0.3, 0.4) is 0 Å². The van der Waals surface area contributed by atoms with Crippen LogP contribution in [0.25, 0.3) is 5.57 Å². The minimum absolute atomic E-state index is 0.122. The van der Waals surface area contributed by atoms with E-state index in [1.54, 1.807) is 0 Å². The molecule has 0 spiro atoms. The molecule has 7 heteroatoms. The van der Waals surface area contributed by atoms with Gasteiger partial charge in [0, 0.05) is 49.4 Å².